The van der Waals surface area contributed by atoms with Gasteiger partial charge in [0.25, 0.3) is 5.56 Å². The van der Waals surface area contributed by atoms with Crippen LogP contribution in [0.5, 0.6) is 0 Å². The molecule has 2 aromatic rings. The predicted molar refractivity (Wildman–Crippen MR) is 108 cm³/mol. The van der Waals surface area contributed by atoms with E-state index in [2.05, 4.69) is 9.97 Å². The minimum Gasteiger partial charge on any atom is -0.371 e. The number of aromatic nitrogens is 3. The number of pyridine rings is 1. The number of alkyl halides is 3. The van der Waals surface area contributed by atoms with Crippen LogP contribution >= 0.6 is 11.6 Å². The molecule has 0 saturated carbocycles. The van der Waals surface area contributed by atoms with Gasteiger partial charge in [-0.05, 0) is 30.9 Å². The Kier molecular flexibility index (Phi) is 5.09. The van der Waals surface area contributed by atoms with Crippen molar-refractivity contribution in [2.45, 2.75) is 56.8 Å². The van der Waals surface area contributed by atoms with E-state index >= 15 is 0 Å². The van der Waals surface area contributed by atoms with Crippen LogP contribution in [0.4, 0.5) is 24.9 Å². The maximum absolute atomic E-state index is 13.9. The van der Waals surface area contributed by atoms with Crippen LogP contribution in [0.1, 0.15) is 24.8 Å². The summed E-state index contributed by atoms with van der Waals surface area (Å²) in [5.74, 6) is 0.434. The van der Waals surface area contributed by atoms with Gasteiger partial charge in [0, 0.05) is 38.4 Å². The average Bonchev–Trinajstić information content (AvgIpc) is 3.06. The third-order valence-electron chi connectivity index (χ3n) is 6.12. The second-order valence-electron chi connectivity index (χ2n) is 8.23. The number of nitrogens with zero attached hydrogens (tertiary/aromatic N) is 5. The number of anilines is 2. The monoisotopic (exact) mass is 455 g/mol. The fourth-order valence-electron chi connectivity index (χ4n) is 4.64. The van der Waals surface area contributed by atoms with Gasteiger partial charge in [0.2, 0.25) is 5.95 Å². The first-order valence-corrected chi connectivity index (χ1v) is 10.6. The SMILES string of the molecule is O=c1cc(N2CC3CCC(C2)O3)nc2n1CCC(C(F)(F)F)N2Cc1ccc(Cl)nc1. The summed E-state index contributed by atoms with van der Waals surface area (Å²) >= 11 is 5.81. The van der Waals surface area contributed by atoms with Crippen molar-refractivity contribution in [1.29, 1.82) is 0 Å². The molecule has 3 aliphatic heterocycles. The van der Waals surface area contributed by atoms with Crippen LogP contribution in [0.3, 0.4) is 0 Å². The third-order valence-corrected chi connectivity index (χ3v) is 6.34. The van der Waals surface area contributed by atoms with E-state index in [-0.39, 0.29) is 48.4 Å². The Labute approximate surface area is 181 Å². The third kappa shape index (κ3) is 3.98. The Balaban J connectivity index is 1.54. The zero-order valence-electron chi connectivity index (χ0n) is 16.6. The first-order chi connectivity index (χ1) is 14.8. The Morgan fingerprint density at radius 2 is 1.90 bits per heavy atom. The molecule has 2 saturated heterocycles. The number of morpholine rings is 1. The molecule has 0 aliphatic carbocycles. The lowest BCUT2D eigenvalue weighted by molar-refractivity contribution is -0.153. The number of hydrogen-bond donors (Lipinski definition) is 0. The zero-order chi connectivity index (χ0) is 21.8. The van der Waals surface area contributed by atoms with Gasteiger partial charge in [-0.25, -0.2) is 4.98 Å². The summed E-state index contributed by atoms with van der Waals surface area (Å²) in [7, 11) is 0. The molecule has 166 valence electrons. The van der Waals surface area contributed by atoms with Crippen LogP contribution in [-0.4, -0.2) is 52.1 Å². The Bertz CT molecular complexity index is 1020. The molecule has 0 amide bonds. The highest BCUT2D eigenvalue weighted by molar-refractivity contribution is 6.29. The van der Waals surface area contributed by atoms with Gasteiger partial charge < -0.3 is 14.5 Å². The molecular weight excluding hydrogens is 435 g/mol. The molecule has 5 rings (SSSR count). The smallest absolute Gasteiger partial charge is 0.371 e. The maximum Gasteiger partial charge on any atom is 0.408 e. The van der Waals surface area contributed by atoms with Gasteiger partial charge in [-0.15, -0.1) is 0 Å². The molecule has 0 spiro atoms. The lowest BCUT2D eigenvalue weighted by Gasteiger charge is -2.40. The summed E-state index contributed by atoms with van der Waals surface area (Å²) in [4.78, 5) is 24.5. The Morgan fingerprint density at radius 1 is 1.16 bits per heavy atom. The number of fused-ring (bicyclic) bond motifs is 3. The minimum atomic E-state index is -4.46. The van der Waals surface area contributed by atoms with E-state index in [1.165, 1.54) is 22.9 Å². The first-order valence-electron chi connectivity index (χ1n) is 10.2. The molecule has 2 fully saturated rings. The van der Waals surface area contributed by atoms with E-state index in [1.54, 1.807) is 6.07 Å². The maximum atomic E-state index is 13.9. The molecule has 0 N–H and O–H groups in total. The van der Waals surface area contributed by atoms with Gasteiger partial charge >= 0.3 is 6.18 Å². The number of rotatable bonds is 3. The predicted octanol–water partition coefficient (Wildman–Crippen LogP) is 3.00. The molecule has 5 heterocycles. The molecular formula is C20H21ClF3N5O2. The van der Waals surface area contributed by atoms with E-state index in [1.807, 2.05) is 4.90 Å². The van der Waals surface area contributed by atoms with E-state index in [4.69, 9.17) is 16.3 Å². The molecule has 0 aromatic carbocycles. The topological polar surface area (TPSA) is 63.5 Å². The van der Waals surface area contributed by atoms with E-state index < -0.39 is 12.2 Å². The lowest BCUT2D eigenvalue weighted by Crippen LogP contribution is -2.52. The number of ether oxygens (including phenoxy) is 1. The van der Waals surface area contributed by atoms with Crippen molar-refractivity contribution in [2.24, 2.45) is 0 Å². The summed E-state index contributed by atoms with van der Waals surface area (Å²) in [6.45, 7) is 1.04. The molecule has 11 heteroatoms. The van der Waals surface area contributed by atoms with Crippen molar-refractivity contribution in [3.63, 3.8) is 0 Å². The van der Waals surface area contributed by atoms with E-state index in [0.29, 0.717) is 24.5 Å². The standard InChI is InChI=1S/C20H21ClF3N5O2/c21-16-4-1-12(8-25-16)9-29-15(20(22,23)24)5-6-28-18(30)7-17(26-19(28)29)27-10-13-2-3-14(11-27)31-13/h1,4,7-8,13-15H,2-3,5-6,9-11H2. The van der Waals surface area contributed by atoms with Crippen LogP contribution in [0, 0.1) is 0 Å². The van der Waals surface area contributed by atoms with Crippen LogP contribution < -0.4 is 15.4 Å². The number of hydrogen-bond acceptors (Lipinski definition) is 6. The Morgan fingerprint density at radius 3 is 2.55 bits per heavy atom. The molecule has 31 heavy (non-hydrogen) atoms. The van der Waals surface area contributed by atoms with Gasteiger partial charge in [0.1, 0.15) is 17.0 Å². The summed E-state index contributed by atoms with van der Waals surface area (Å²) in [5.41, 5.74) is 0.204. The highest BCUT2D eigenvalue weighted by atomic mass is 35.5. The highest BCUT2D eigenvalue weighted by Gasteiger charge is 2.47. The fraction of sp³-hybridized carbons (Fsp3) is 0.550. The zero-order valence-corrected chi connectivity index (χ0v) is 17.3. The van der Waals surface area contributed by atoms with Gasteiger partial charge in [0.15, 0.2) is 0 Å². The van der Waals surface area contributed by atoms with Crippen molar-refractivity contribution < 1.29 is 17.9 Å². The largest absolute Gasteiger partial charge is 0.408 e. The van der Waals surface area contributed by atoms with Crippen LogP contribution in [-0.2, 0) is 17.8 Å². The fourth-order valence-corrected chi connectivity index (χ4v) is 4.75. The summed E-state index contributed by atoms with van der Waals surface area (Å²) in [6.07, 6.45) is -1.22. The highest BCUT2D eigenvalue weighted by Crippen LogP contribution is 2.36. The van der Waals surface area contributed by atoms with Crippen molar-refractivity contribution in [3.8, 4) is 0 Å². The molecule has 0 radical (unpaired) electrons. The van der Waals surface area contributed by atoms with E-state index in [9.17, 15) is 18.0 Å². The van der Waals surface area contributed by atoms with Crippen molar-refractivity contribution >= 4 is 23.4 Å². The summed E-state index contributed by atoms with van der Waals surface area (Å²) in [5, 5.41) is 0.258. The van der Waals surface area contributed by atoms with Crippen molar-refractivity contribution in [1.82, 2.24) is 14.5 Å². The van der Waals surface area contributed by atoms with Crippen LogP contribution in [0.2, 0.25) is 5.15 Å². The van der Waals surface area contributed by atoms with Crippen LogP contribution in [0.25, 0.3) is 0 Å². The second kappa shape index (κ2) is 7.67. The van der Waals surface area contributed by atoms with Gasteiger partial charge in [-0.1, -0.05) is 17.7 Å². The van der Waals surface area contributed by atoms with Crippen molar-refractivity contribution in [3.05, 3.63) is 45.5 Å². The minimum absolute atomic E-state index is 0.0323. The van der Waals surface area contributed by atoms with Crippen molar-refractivity contribution in [2.75, 3.05) is 22.9 Å². The molecule has 2 aromatic heterocycles. The first kappa shape index (κ1) is 20.6. The molecule has 3 aliphatic rings. The molecule has 7 nitrogen and oxygen atoms in total. The van der Waals surface area contributed by atoms with Crippen LogP contribution in [0.15, 0.2) is 29.2 Å². The van der Waals surface area contributed by atoms with Gasteiger partial charge in [-0.2, -0.15) is 18.2 Å². The van der Waals surface area contributed by atoms with Gasteiger partial charge in [-0.3, -0.25) is 9.36 Å². The molecule has 3 atom stereocenters. The summed E-state index contributed by atoms with van der Waals surface area (Å²) in [6, 6.07) is 2.84. The average molecular weight is 456 g/mol. The van der Waals surface area contributed by atoms with E-state index in [0.717, 1.165) is 17.7 Å². The summed E-state index contributed by atoms with van der Waals surface area (Å²) < 4.78 is 48.9. The quantitative estimate of drug-likeness (QED) is 0.663. The molecule has 3 unspecified atom stereocenters. The lowest BCUT2D eigenvalue weighted by atomic mass is 10.1. The second-order valence-corrected chi connectivity index (χ2v) is 8.62. The Hall–Kier alpha value is -2.33. The normalized spacial score (nSPS) is 25.6. The number of halogens is 4. The molecule has 2 bridgehead atoms. The van der Waals surface area contributed by atoms with Gasteiger partial charge in [0.05, 0.1) is 12.2 Å².